The van der Waals surface area contributed by atoms with Crippen molar-refractivity contribution >= 4 is 39.9 Å². The summed E-state index contributed by atoms with van der Waals surface area (Å²) in [5.41, 5.74) is 0.980. The van der Waals surface area contributed by atoms with Crippen LogP contribution in [-0.2, 0) is 14.3 Å². The molecule has 4 aromatic rings. The van der Waals surface area contributed by atoms with Crippen LogP contribution in [0.1, 0.15) is 39.5 Å². The van der Waals surface area contributed by atoms with Crippen molar-refractivity contribution in [3.63, 3.8) is 0 Å². The van der Waals surface area contributed by atoms with Gasteiger partial charge in [-0.15, -0.1) is 0 Å². The van der Waals surface area contributed by atoms with Gasteiger partial charge in [-0.05, 0) is 55.8 Å². The number of aliphatic hydroxyl groups is 1. The van der Waals surface area contributed by atoms with Crippen molar-refractivity contribution < 1.29 is 33.7 Å². The van der Waals surface area contributed by atoms with Crippen molar-refractivity contribution in [1.82, 2.24) is 4.98 Å². The lowest BCUT2D eigenvalue weighted by Gasteiger charge is -2.23. The molecule has 1 unspecified atom stereocenters. The number of para-hydroxylation sites is 1. The summed E-state index contributed by atoms with van der Waals surface area (Å²) in [5.74, 6) is -1.25. The first-order valence-corrected chi connectivity index (χ1v) is 14.3. The molecule has 0 spiro atoms. The first-order valence-electron chi connectivity index (χ1n) is 13.4. The number of Topliss-reactive ketones (excluding diaryl/α,β-unsaturated/α-hetero) is 1. The molecule has 1 aliphatic rings. The van der Waals surface area contributed by atoms with Gasteiger partial charge in [-0.2, -0.15) is 0 Å². The summed E-state index contributed by atoms with van der Waals surface area (Å²) >= 11 is 0.922. The second kappa shape index (κ2) is 12.7. The number of benzene rings is 3. The summed E-state index contributed by atoms with van der Waals surface area (Å²) < 4.78 is 16.8. The highest BCUT2D eigenvalue weighted by Gasteiger charge is 2.48. The van der Waals surface area contributed by atoms with Gasteiger partial charge in [-0.3, -0.25) is 14.5 Å². The van der Waals surface area contributed by atoms with Gasteiger partial charge in [0.15, 0.2) is 5.13 Å². The molecule has 1 saturated heterocycles. The normalized spacial score (nSPS) is 15.8. The number of hydrogen-bond donors (Lipinski definition) is 1. The SMILES string of the molecule is C=CCOC(=O)c1sc(N2C(=O)C(=O)C(=C(O)c3cccc(OCC)c3)C2c2cccc(Oc3ccccc3)c2)nc1C. The minimum atomic E-state index is -1.09. The quantitative estimate of drug-likeness (QED) is 0.0715. The van der Waals surface area contributed by atoms with Crippen LogP contribution in [0, 0.1) is 6.92 Å². The maximum absolute atomic E-state index is 13.7. The van der Waals surface area contributed by atoms with Crippen molar-refractivity contribution in [2.24, 2.45) is 0 Å². The fourth-order valence-corrected chi connectivity index (χ4v) is 5.64. The zero-order chi connectivity index (χ0) is 30.5. The third-order valence-corrected chi connectivity index (χ3v) is 7.66. The Kier molecular flexibility index (Phi) is 8.68. The molecule has 1 aromatic heterocycles. The molecule has 218 valence electrons. The molecule has 0 saturated carbocycles. The van der Waals surface area contributed by atoms with E-state index in [-0.39, 0.29) is 27.9 Å². The van der Waals surface area contributed by atoms with E-state index in [0.29, 0.717) is 40.7 Å². The fourth-order valence-electron chi connectivity index (χ4n) is 4.65. The van der Waals surface area contributed by atoms with Crippen molar-refractivity contribution in [3.05, 3.63) is 119 Å². The van der Waals surface area contributed by atoms with Gasteiger partial charge in [0.2, 0.25) is 0 Å². The molecule has 43 heavy (non-hydrogen) atoms. The Labute approximate surface area is 252 Å². The number of aromatic nitrogens is 1. The van der Waals surface area contributed by atoms with E-state index in [2.05, 4.69) is 11.6 Å². The van der Waals surface area contributed by atoms with Gasteiger partial charge in [-0.25, -0.2) is 9.78 Å². The zero-order valence-corrected chi connectivity index (χ0v) is 24.3. The lowest BCUT2D eigenvalue weighted by molar-refractivity contribution is -0.132. The second-order valence-electron chi connectivity index (χ2n) is 9.42. The first kappa shape index (κ1) is 29.3. The molecule has 1 fully saturated rings. The minimum absolute atomic E-state index is 0.00500. The molecule has 0 bridgehead atoms. The van der Waals surface area contributed by atoms with Gasteiger partial charge < -0.3 is 19.3 Å². The number of aryl methyl sites for hydroxylation is 1. The number of rotatable bonds is 10. The summed E-state index contributed by atoms with van der Waals surface area (Å²) in [6.07, 6.45) is 1.44. The van der Waals surface area contributed by atoms with Gasteiger partial charge in [-0.1, -0.05) is 66.5 Å². The topological polar surface area (TPSA) is 115 Å². The summed E-state index contributed by atoms with van der Waals surface area (Å²) in [6, 6.07) is 21.6. The lowest BCUT2D eigenvalue weighted by atomic mass is 9.95. The average Bonchev–Trinajstić information content (AvgIpc) is 3.52. The molecule has 9 nitrogen and oxygen atoms in total. The van der Waals surface area contributed by atoms with Gasteiger partial charge >= 0.3 is 11.9 Å². The summed E-state index contributed by atoms with van der Waals surface area (Å²) in [7, 11) is 0. The number of ketones is 1. The molecule has 1 amide bonds. The molecule has 1 aliphatic heterocycles. The number of esters is 1. The molecule has 0 aliphatic carbocycles. The molecular weight excluding hydrogens is 568 g/mol. The monoisotopic (exact) mass is 596 g/mol. The zero-order valence-electron chi connectivity index (χ0n) is 23.5. The van der Waals surface area contributed by atoms with E-state index < -0.39 is 23.7 Å². The highest BCUT2D eigenvalue weighted by molar-refractivity contribution is 7.17. The van der Waals surface area contributed by atoms with Crippen LogP contribution < -0.4 is 14.4 Å². The van der Waals surface area contributed by atoms with Crippen LogP contribution in [0.15, 0.2) is 97.1 Å². The third kappa shape index (κ3) is 6.05. The number of ether oxygens (including phenoxy) is 3. The summed E-state index contributed by atoms with van der Waals surface area (Å²) in [5, 5.41) is 11.6. The van der Waals surface area contributed by atoms with E-state index in [0.717, 1.165) is 11.3 Å². The average molecular weight is 597 g/mol. The predicted molar refractivity (Wildman–Crippen MR) is 163 cm³/mol. The van der Waals surface area contributed by atoms with Crippen molar-refractivity contribution in [3.8, 4) is 17.2 Å². The van der Waals surface area contributed by atoms with Gasteiger partial charge in [0.05, 0.1) is 23.9 Å². The maximum atomic E-state index is 13.7. The van der Waals surface area contributed by atoms with Crippen LogP contribution in [0.2, 0.25) is 0 Å². The summed E-state index contributed by atoms with van der Waals surface area (Å²) in [4.78, 5) is 45.8. The van der Waals surface area contributed by atoms with Crippen LogP contribution in [0.5, 0.6) is 17.2 Å². The molecule has 1 atom stereocenters. The number of aliphatic hydroxyl groups excluding tert-OH is 1. The molecule has 5 rings (SSSR count). The Morgan fingerprint density at radius 2 is 1.74 bits per heavy atom. The van der Waals surface area contributed by atoms with Gasteiger partial charge in [0.25, 0.3) is 5.78 Å². The van der Waals surface area contributed by atoms with Crippen molar-refractivity contribution in [2.75, 3.05) is 18.1 Å². The number of carbonyl (C=O) groups excluding carboxylic acids is 3. The molecule has 10 heteroatoms. The molecular formula is C33H28N2O7S. The Morgan fingerprint density at radius 1 is 1.02 bits per heavy atom. The van der Waals surface area contributed by atoms with Gasteiger partial charge in [0, 0.05) is 5.56 Å². The van der Waals surface area contributed by atoms with Crippen molar-refractivity contribution in [1.29, 1.82) is 0 Å². The van der Waals surface area contributed by atoms with E-state index in [4.69, 9.17) is 14.2 Å². The Balaban J connectivity index is 1.65. The number of carbonyl (C=O) groups is 3. The predicted octanol–water partition coefficient (Wildman–Crippen LogP) is 6.61. The molecule has 1 N–H and O–H groups in total. The fraction of sp³-hybridized carbons (Fsp3) is 0.152. The van der Waals surface area contributed by atoms with Crippen LogP contribution in [0.3, 0.4) is 0 Å². The third-order valence-electron chi connectivity index (χ3n) is 6.52. The molecule has 0 radical (unpaired) electrons. The van der Waals surface area contributed by atoms with E-state index >= 15 is 0 Å². The second-order valence-corrected chi connectivity index (χ2v) is 10.4. The Bertz CT molecular complexity index is 1730. The number of nitrogens with zero attached hydrogens (tertiary/aromatic N) is 2. The van der Waals surface area contributed by atoms with Crippen LogP contribution in [-0.4, -0.2) is 41.0 Å². The smallest absolute Gasteiger partial charge is 0.350 e. The standard InChI is InChI=1S/C33H28N2O7S/c1-4-17-41-32(39)30-20(3)34-33(43-30)35-27(21-11-9-16-25(18-21)42-23-13-7-6-8-14-23)26(29(37)31(35)38)28(36)22-12-10-15-24(19-22)40-5-2/h4,6-16,18-19,27,36H,1,5,17H2,2-3H3. The van der Waals surface area contributed by atoms with Crippen LogP contribution >= 0.6 is 11.3 Å². The number of anilines is 1. The van der Waals surface area contributed by atoms with Crippen molar-refractivity contribution in [2.45, 2.75) is 19.9 Å². The number of amides is 1. The Morgan fingerprint density at radius 3 is 2.49 bits per heavy atom. The first-order chi connectivity index (χ1) is 20.8. The highest BCUT2D eigenvalue weighted by atomic mass is 32.1. The van der Waals surface area contributed by atoms with E-state index in [1.54, 1.807) is 67.6 Å². The van der Waals surface area contributed by atoms with E-state index in [1.165, 1.54) is 11.0 Å². The largest absolute Gasteiger partial charge is 0.507 e. The van der Waals surface area contributed by atoms with E-state index in [1.807, 2.05) is 25.1 Å². The number of thiazole rings is 1. The number of hydrogen-bond acceptors (Lipinski definition) is 9. The van der Waals surface area contributed by atoms with Crippen LogP contribution in [0.4, 0.5) is 5.13 Å². The Hall–Kier alpha value is -5.22. The maximum Gasteiger partial charge on any atom is 0.350 e. The molecule has 2 heterocycles. The lowest BCUT2D eigenvalue weighted by Crippen LogP contribution is -2.29. The highest BCUT2D eigenvalue weighted by Crippen LogP contribution is 2.45. The van der Waals surface area contributed by atoms with Crippen LogP contribution in [0.25, 0.3) is 5.76 Å². The summed E-state index contributed by atoms with van der Waals surface area (Å²) in [6.45, 7) is 7.41. The van der Waals surface area contributed by atoms with E-state index in [9.17, 15) is 19.5 Å². The minimum Gasteiger partial charge on any atom is -0.507 e. The van der Waals surface area contributed by atoms with Gasteiger partial charge in [0.1, 0.15) is 34.5 Å². The molecule has 3 aromatic carbocycles.